The molecule has 0 aromatic rings. The molecule has 8 heteroatoms. The minimum Gasteiger partial charge on any atom is 0 e. The maximum absolute atomic E-state index is 8.94. The number of hydrogen-bond acceptors (Lipinski definition) is 1. The first kappa shape index (κ1) is 22.4. The molecule has 4 nitrogen and oxygen atoms in total. The summed E-state index contributed by atoms with van der Waals surface area (Å²) in [5.74, 6) is 0. The van der Waals surface area contributed by atoms with Crippen molar-refractivity contribution >= 4 is 14.5 Å². The van der Waals surface area contributed by atoms with Crippen LogP contribution in [0.2, 0.25) is 0 Å². The molecule has 0 aliphatic heterocycles. The molecule has 0 aliphatic carbocycles. The molecule has 0 rings (SSSR count). The van der Waals surface area contributed by atoms with E-state index in [0.717, 1.165) is 0 Å². The standard InChI is InChI=1S/3Ag.AsH3O4/c;;;2-1(3,4)5/h;;;(H3,2,3,4,5). The Morgan fingerprint density at radius 2 is 0.875 bits per heavy atom. The molecule has 0 aromatic carbocycles. The van der Waals surface area contributed by atoms with Crippen LogP contribution in [0.15, 0.2) is 0 Å². The Bertz CT molecular complexity index is 57.4. The Balaban J connectivity index is -0.0000000267. The van der Waals surface area contributed by atoms with Crippen LogP contribution in [0.5, 0.6) is 0 Å². The quantitative estimate of drug-likeness (QED) is 0.356. The van der Waals surface area contributed by atoms with Gasteiger partial charge < -0.3 is 0 Å². The molecule has 0 fully saturated rings. The minimum absolute atomic E-state index is 0. The Hall–Kier alpha value is 2.46. The van der Waals surface area contributed by atoms with Gasteiger partial charge in [0.2, 0.25) is 0 Å². The average molecular weight is 466 g/mol. The van der Waals surface area contributed by atoms with Crippen molar-refractivity contribution in [1.29, 1.82) is 0 Å². The topological polar surface area (TPSA) is 77.8 Å². The van der Waals surface area contributed by atoms with Crippen molar-refractivity contribution in [1.82, 2.24) is 0 Å². The molecular formula is H3Ag3AsO4. The van der Waals surface area contributed by atoms with Gasteiger partial charge in [0.05, 0.1) is 0 Å². The van der Waals surface area contributed by atoms with Crippen LogP contribution in [0, 0.1) is 0 Å². The van der Waals surface area contributed by atoms with Crippen LogP contribution in [0.3, 0.4) is 0 Å². The van der Waals surface area contributed by atoms with Crippen molar-refractivity contribution in [2.45, 2.75) is 0 Å². The molecule has 0 atom stereocenters. The molecule has 0 heterocycles. The van der Waals surface area contributed by atoms with E-state index in [2.05, 4.69) is 0 Å². The molecule has 3 N–H and O–H groups in total. The third-order valence-corrected chi connectivity index (χ3v) is 0. The van der Waals surface area contributed by atoms with Gasteiger partial charge in [-0.25, -0.2) is 0 Å². The fourth-order valence-corrected chi connectivity index (χ4v) is 0. The van der Waals surface area contributed by atoms with Gasteiger partial charge in [0.15, 0.2) is 0 Å². The summed E-state index contributed by atoms with van der Waals surface area (Å²) in [5, 5.41) is 0. The Morgan fingerprint density at radius 1 is 0.875 bits per heavy atom. The van der Waals surface area contributed by atoms with Crippen molar-refractivity contribution in [3.05, 3.63) is 0 Å². The van der Waals surface area contributed by atoms with Crippen molar-refractivity contribution in [2.24, 2.45) is 0 Å². The molecule has 65 valence electrons. The minimum atomic E-state index is -5.12. The summed E-state index contributed by atoms with van der Waals surface area (Å²) in [6.07, 6.45) is 0. The van der Waals surface area contributed by atoms with Crippen molar-refractivity contribution in [3.8, 4) is 0 Å². The second kappa shape index (κ2) is 9.46. The largest absolute Gasteiger partial charge is 0 e. The van der Waals surface area contributed by atoms with Gasteiger partial charge in [-0.05, 0) is 0 Å². The van der Waals surface area contributed by atoms with E-state index in [1.54, 1.807) is 0 Å². The first-order valence-corrected chi connectivity index (χ1v) is 4.07. The maximum Gasteiger partial charge on any atom is 0 e. The predicted molar refractivity (Wildman–Crippen MR) is 13.1 cm³/mol. The normalized spacial score (nSPS) is 7.38. The van der Waals surface area contributed by atoms with Crippen molar-refractivity contribution in [2.75, 3.05) is 0 Å². The van der Waals surface area contributed by atoms with Gasteiger partial charge in [0.25, 0.3) is 0 Å². The zero-order chi connectivity index (χ0) is 4.50. The third kappa shape index (κ3) is 77.8. The Kier molecular flexibility index (Phi) is 26.5. The fraction of sp³-hybridized carbons (Fsp3) is 0. The Labute approximate surface area is 96.3 Å². The van der Waals surface area contributed by atoms with Gasteiger partial charge >= 0.3 is 30.5 Å². The number of rotatable bonds is 0. The molecule has 0 unspecified atom stereocenters. The van der Waals surface area contributed by atoms with Crippen LogP contribution in [-0.2, 0) is 70.9 Å². The van der Waals surface area contributed by atoms with Gasteiger partial charge in [-0.15, -0.1) is 0 Å². The van der Waals surface area contributed by atoms with Gasteiger partial charge in [0, 0.05) is 67.1 Å². The molecule has 0 saturated carbocycles. The summed E-state index contributed by atoms with van der Waals surface area (Å²) < 4.78 is 30.7. The van der Waals surface area contributed by atoms with Gasteiger partial charge in [0.1, 0.15) is 0 Å². The zero-order valence-corrected chi connectivity index (χ0v) is 9.42. The molecule has 0 aliphatic rings. The van der Waals surface area contributed by atoms with Crippen molar-refractivity contribution in [3.63, 3.8) is 0 Å². The van der Waals surface area contributed by atoms with Gasteiger partial charge in [-0.1, -0.05) is 0 Å². The molecule has 0 amide bonds. The van der Waals surface area contributed by atoms with Gasteiger partial charge in [-0.2, -0.15) is 0 Å². The van der Waals surface area contributed by atoms with Crippen LogP contribution in [0.25, 0.3) is 0 Å². The smallest absolute Gasteiger partial charge is 0 e. The van der Waals surface area contributed by atoms with Gasteiger partial charge in [-0.3, -0.25) is 0 Å². The van der Waals surface area contributed by atoms with Crippen LogP contribution >= 0.6 is 0 Å². The summed E-state index contributed by atoms with van der Waals surface area (Å²) in [4.78, 5) is 0. The monoisotopic (exact) mass is 463 g/mol. The third-order valence-electron chi connectivity index (χ3n) is 0. The first-order chi connectivity index (χ1) is 2.00. The van der Waals surface area contributed by atoms with E-state index in [1.807, 2.05) is 0 Å². The van der Waals surface area contributed by atoms with E-state index in [0.29, 0.717) is 0 Å². The van der Waals surface area contributed by atoms with E-state index in [4.69, 9.17) is 16.0 Å². The Morgan fingerprint density at radius 3 is 0.875 bits per heavy atom. The van der Waals surface area contributed by atoms with Crippen LogP contribution in [-0.4, -0.2) is 26.8 Å². The zero-order valence-electron chi connectivity index (χ0n) is 3.10. The van der Waals surface area contributed by atoms with E-state index in [-0.39, 0.29) is 67.1 Å². The van der Waals surface area contributed by atoms with Crippen LogP contribution < -0.4 is 0 Å². The summed E-state index contributed by atoms with van der Waals surface area (Å²) in [6, 6.07) is 0. The molecule has 0 saturated heterocycles. The SMILES string of the molecule is O=[As](O)(O)O.[Ag].[Ag].[Ag]. The summed E-state index contributed by atoms with van der Waals surface area (Å²) >= 11 is -5.12. The predicted octanol–water partition coefficient (Wildman–Crippen LogP) is -2.18. The van der Waals surface area contributed by atoms with Crippen LogP contribution in [0.4, 0.5) is 0 Å². The molecular weight excluding hydrogens is 463 g/mol. The average Bonchev–Trinajstić information content (AvgIpc) is 0.722. The summed E-state index contributed by atoms with van der Waals surface area (Å²) in [7, 11) is 0. The maximum atomic E-state index is 8.94. The number of hydrogen-bond donors (Lipinski definition) is 3. The second-order valence-electron chi connectivity index (χ2n) is 0.513. The molecule has 8 heavy (non-hydrogen) atoms. The summed E-state index contributed by atoms with van der Waals surface area (Å²) in [5.41, 5.74) is 0. The molecule has 0 spiro atoms. The van der Waals surface area contributed by atoms with E-state index in [9.17, 15) is 0 Å². The fourth-order valence-electron chi connectivity index (χ4n) is 0. The molecule has 0 aromatic heterocycles. The first-order valence-electron chi connectivity index (χ1n) is 0.783. The van der Waals surface area contributed by atoms with Crippen LogP contribution in [0.1, 0.15) is 0 Å². The summed E-state index contributed by atoms with van der Waals surface area (Å²) in [6.45, 7) is 0. The molecule has 0 bridgehead atoms. The van der Waals surface area contributed by atoms with E-state index < -0.39 is 14.5 Å². The van der Waals surface area contributed by atoms with E-state index in [1.165, 1.54) is 0 Å². The van der Waals surface area contributed by atoms with E-state index >= 15 is 0 Å². The van der Waals surface area contributed by atoms with Crippen molar-refractivity contribution < 1.29 is 83.2 Å². The second-order valence-corrected chi connectivity index (χ2v) is 2.67. The molecule has 3 radical (unpaired) electrons.